The summed E-state index contributed by atoms with van der Waals surface area (Å²) in [6.45, 7) is 14.1. The van der Waals surface area contributed by atoms with Gasteiger partial charge in [0.05, 0.1) is 39.0 Å². The fourth-order valence-corrected chi connectivity index (χ4v) is 8.03. The van der Waals surface area contributed by atoms with Crippen LogP contribution in [0.25, 0.3) is 36.3 Å². The maximum atomic E-state index is 13.0. The van der Waals surface area contributed by atoms with Crippen molar-refractivity contribution in [3.63, 3.8) is 0 Å². The number of carbonyl (C=O) groups is 1. The number of benzene rings is 2. The summed E-state index contributed by atoms with van der Waals surface area (Å²) in [6.07, 6.45) is 3.44. The van der Waals surface area contributed by atoms with Crippen LogP contribution in [0.5, 0.6) is 0 Å². The molecule has 0 spiro atoms. The number of nitrogens with two attached hydrogens (primary N) is 1. The van der Waals surface area contributed by atoms with E-state index in [4.69, 9.17) is 5.73 Å². The number of fused-ring (bicyclic) bond motifs is 4. The summed E-state index contributed by atoms with van der Waals surface area (Å²) in [7, 11) is 7.73. The standard InChI is InChI=1S/C18H16N4O2S.C17H18N4OS.C6H15N.CH4/c1-10-4-6-11(7-5-10)22-17(23)15-14(20-18(22)24)13-12(21(2)3)8-9-19-16(13)25-15;1-10-4-6-11(7-5-10)20-16(22)15-14(18)13-12(21(2)3)8-9-19-17(13)23-15;1-4-7(5-2)6-3;/h4-9H,1-3H3,(H,20,24);4-9H,18H2,1-3H3,(H,20,22);4-6H2,1-3H3;1H4. The Morgan fingerprint density at radius 2 is 1.27 bits per heavy atom. The van der Waals surface area contributed by atoms with E-state index in [1.807, 2.05) is 100 Å². The summed E-state index contributed by atoms with van der Waals surface area (Å²) in [6, 6.07) is 18.7. The molecule has 0 fully saturated rings. The Morgan fingerprint density at radius 1 is 0.768 bits per heavy atom. The molecule has 0 saturated heterocycles. The number of aromatic amines is 1. The highest BCUT2D eigenvalue weighted by Crippen LogP contribution is 2.38. The normalized spacial score (nSPS) is 10.8. The number of thiophene rings is 2. The van der Waals surface area contributed by atoms with Crippen molar-refractivity contribution in [1.29, 1.82) is 0 Å². The third-order valence-electron chi connectivity index (χ3n) is 9.12. The topological polar surface area (TPSA) is 145 Å². The Hall–Kier alpha value is -5.57. The van der Waals surface area contributed by atoms with E-state index in [0.29, 0.717) is 26.5 Å². The van der Waals surface area contributed by atoms with Gasteiger partial charge in [0.2, 0.25) is 0 Å². The molecule has 0 aliphatic carbocycles. The number of nitrogens with one attached hydrogen (secondary N) is 2. The first kappa shape index (κ1) is 43.2. The van der Waals surface area contributed by atoms with Gasteiger partial charge in [-0.2, -0.15) is 0 Å². The van der Waals surface area contributed by atoms with E-state index in [-0.39, 0.29) is 18.9 Å². The third kappa shape index (κ3) is 9.27. The molecule has 0 saturated carbocycles. The first-order valence-corrected chi connectivity index (χ1v) is 19.7. The predicted octanol–water partition coefficient (Wildman–Crippen LogP) is 8.15. The molecule has 7 rings (SSSR count). The van der Waals surface area contributed by atoms with Crippen LogP contribution in [0, 0.1) is 13.8 Å². The lowest BCUT2D eigenvalue weighted by Crippen LogP contribution is -2.33. The number of aryl methyl sites for hydroxylation is 2. The van der Waals surface area contributed by atoms with Gasteiger partial charge in [0, 0.05) is 46.3 Å². The van der Waals surface area contributed by atoms with Crippen LogP contribution in [0.4, 0.5) is 22.7 Å². The van der Waals surface area contributed by atoms with Gasteiger partial charge in [-0.1, -0.05) is 63.6 Å². The van der Waals surface area contributed by atoms with Crippen molar-refractivity contribution in [1.82, 2.24) is 24.4 Å². The molecule has 5 heterocycles. The highest BCUT2D eigenvalue weighted by molar-refractivity contribution is 7.25. The van der Waals surface area contributed by atoms with Gasteiger partial charge in [-0.25, -0.2) is 19.3 Å². The number of hydrogen-bond acceptors (Lipinski definition) is 11. The van der Waals surface area contributed by atoms with Crippen LogP contribution in [0.3, 0.4) is 0 Å². The number of hydrogen-bond donors (Lipinski definition) is 3. The van der Waals surface area contributed by atoms with Crippen molar-refractivity contribution in [2.75, 3.05) is 68.7 Å². The van der Waals surface area contributed by atoms with Gasteiger partial charge in [-0.15, -0.1) is 22.7 Å². The molecule has 296 valence electrons. The molecule has 4 N–H and O–H groups in total. The lowest BCUT2D eigenvalue weighted by molar-refractivity contribution is 0.103. The second-order valence-corrected chi connectivity index (χ2v) is 15.3. The summed E-state index contributed by atoms with van der Waals surface area (Å²) < 4.78 is 1.67. The van der Waals surface area contributed by atoms with Gasteiger partial charge in [0.15, 0.2) is 0 Å². The van der Waals surface area contributed by atoms with Gasteiger partial charge < -0.3 is 30.7 Å². The molecule has 0 aliphatic heterocycles. The third-order valence-corrected chi connectivity index (χ3v) is 11.3. The highest BCUT2D eigenvalue weighted by atomic mass is 32.1. The molecule has 7 aromatic rings. The first-order chi connectivity index (χ1) is 26.3. The number of rotatable bonds is 8. The molecule has 0 unspecified atom stereocenters. The quantitative estimate of drug-likeness (QED) is 0.139. The van der Waals surface area contributed by atoms with Gasteiger partial charge in [0.25, 0.3) is 11.5 Å². The smallest absolute Gasteiger partial charge is 0.333 e. The molecular weight excluding hydrogens is 743 g/mol. The number of pyridine rings is 2. The number of nitrogens with zero attached hydrogens (tertiary/aromatic N) is 6. The lowest BCUT2D eigenvalue weighted by Gasteiger charge is -2.13. The van der Waals surface area contributed by atoms with Crippen LogP contribution in [-0.2, 0) is 0 Å². The average Bonchev–Trinajstić information content (AvgIpc) is 3.72. The SMILES string of the molecule is C.CCN(CC)CC.Cc1ccc(-n2c(=O)[nH]c3c(sc4nccc(N(C)C)c43)c2=O)cc1.Cc1ccc(NC(=O)c2sc3nccc(N(C)C)c3c2N)cc1. The lowest BCUT2D eigenvalue weighted by atomic mass is 10.2. The van der Waals surface area contributed by atoms with E-state index in [1.54, 1.807) is 24.5 Å². The van der Waals surface area contributed by atoms with E-state index < -0.39 is 5.69 Å². The Morgan fingerprint density at radius 3 is 1.77 bits per heavy atom. The molecule has 2 aromatic carbocycles. The largest absolute Gasteiger partial charge is 0.397 e. The van der Waals surface area contributed by atoms with Crippen molar-refractivity contribution in [3.05, 3.63) is 110 Å². The first-order valence-electron chi connectivity index (χ1n) is 18.0. The number of nitrogen functional groups attached to an aromatic ring is 1. The number of anilines is 4. The fraction of sp³-hybridized carbons (Fsp3) is 0.310. The number of amides is 1. The zero-order valence-corrected chi connectivity index (χ0v) is 34.5. The van der Waals surface area contributed by atoms with E-state index >= 15 is 0 Å². The molecule has 0 aliphatic rings. The predicted molar refractivity (Wildman–Crippen MR) is 240 cm³/mol. The molecule has 12 nitrogen and oxygen atoms in total. The molecule has 0 bridgehead atoms. The molecular formula is C42H53N9O3S2. The second-order valence-electron chi connectivity index (χ2n) is 13.3. The van der Waals surface area contributed by atoms with Crippen LogP contribution in [0.1, 0.15) is 49.0 Å². The van der Waals surface area contributed by atoms with Crippen molar-refractivity contribution in [3.8, 4) is 5.69 Å². The molecule has 1 amide bonds. The summed E-state index contributed by atoms with van der Waals surface area (Å²) in [5, 5.41) is 4.52. The second kappa shape index (κ2) is 18.8. The van der Waals surface area contributed by atoms with Crippen molar-refractivity contribution >= 4 is 82.0 Å². The summed E-state index contributed by atoms with van der Waals surface area (Å²) in [4.78, 5) is 58.0. The van der Waals surface area contributed by atoms with Gasteiger partial charge in [-0.3, -0.25) is 9.59 Å². The van der Waals surface area contributed by atoms with Crippen LogP contribution in [0.2, 0.25) is 0 Å². The highest BCUT2D eigenvalue weighted by Gasteiger charge is 2.21. The average molecular weight is 796 g/mol. The molecule has 0 atom stereocenters. The molecule has 56 heavy (non-hydrogen) atoms. The zero-order valence-electron chi connectivity index (χ0n) is 32.9. The van der Waals surface area contributed by atoms with Crippen LogP contribution >= 0.6 is 22.7 Å². The maximum absolute atomic E-state index is 13.0. The Kier molecular flexibility index (Phi) is 14.5. The molecule has 14 heteroatoms. The number of aromatic nitrogens is 4. The van der Waals surface area contributed by atoms with Crippen molar-refractivity contribution < 1.29 is 4.79 Å². The summed E-state index contributed by atoms with van der Waals surface area (Å²) in [5.74, 6) is -0.209. The Bertz CT molecular complexity index is 2530. The number of carbonyl (C=O) groups excluding carboxylic acids is 1. The Labute approximate surface area is 336 Å². The summed E-state index contributed by atoms with van der Waals surface area (Å²) >= 11 is 2.61. The minimum atomic E-state index is -0.449. The minimum Gasteiger partial charge on any atom is -0.397 e. The van der Waals surface area contributed by atoms with E-state index in [1.165, 1.54) is 46.9 Å². The molecule has 0 radical (unpaired) electrons. The van der Waals surface area contributed by atoms with Crippen molar-refractivity contribution in [2.45, 2.75) is 42.0 Å². The summed E-state index contributed by atoms with van der Waals surface area (Å²) in [5.41, 5.74) is 11.9. The Balaban J connectivity index is 0.000000210. The minimum absolute atomic E-state index is 0. The molecule has 5 aromatic heterocycles. The fourth-order valence-electron chi connectivity index (χ4n) is 6.00. The maximum Gasteiger partial charge on any atom is 0.333 e. The van der Waals surface area contributed by atoms with Crippen LogP contribution < -0.4 is 32.1 Å². The van der Waals surface area contributed by atoms with E-state index in [9.17, 15) is 14.4 Å². The van der Waals surface area contributed by atoms with Crippen molar-refractivity contribution in [2.24, 2.45) is 0 Å². The van der Waals surface area contributed by atoms with Crippen LogP contribution in [-0.4, -0.2) is 78.2 Å². The van der Waals surface area contributed by atoms with Gasteiger partial charge in [-0.05, 0) is 69.9 Å². The van der Waals surface area contributed by atoms with Gasteiger partial charge in [0.1, 0.15) is 19.2 Å². The zero-order chi connectivity index (χ0) is 40.0. The monoisotopic (exact) mass is 795 g/mol. The van der Waals surface area contributed by atoms with Crippen LogP contribution in [0.15, 0.2) is 82.6 Å². The number of H-pyrrole nitrogens is 1. The van der Waals surface area contributed by atoms with E-state index in [0.717, 1.165) is 48.6 Å². The van der Waals surface area contributed by atoms with E-state index in [2.05, 4.69) is 45.9 Å². The van der Waals surface area contributed by atoms with Gasteiger partial charge >= 0.3 is 5.69 Å².